The van der Waals surface area contributed by atoms with Crippen LogP contribution < -0.4 is 15.9 Å². The number of thioether (sulfide) groups is 1. The number of ether oxygens (including phenoxy) is 1. The predicted molar refractivity (Wildman–Crippen MR) is 115 cm³/mol. The molecule has 1 amide bonds. The maximum atomic E-state index is 12.6. The summed E-state index contributed by atoms with van der Waals surface area (Å²) in [5.41, 5.74) is 2.25. The van der Waals surface area contributed by atoms with Crippen molar-refractivity contribution >= 4 is 17.7 Å². The van der Waals surface area contributed by atoms with Gasteiger partial charge in [-0.05, 0) is 45.2 Å². The number of nitrogens with zero attached hydrogens (tertiary/aromatic N) is 3. The first-order valence-electron chi connectivity index (χ1n) is 10.3. The molecule has 1 fully saturated rings. The summed E-state index contributed by atoms with van der Waals surface area (Å²) < 4.78 is 7.25. The van der Waals surface area contributed by atoms with Gasteiger partial charge in [0.25, 0.3) is 0 Å². The van der Waals surface area contributed by atoms with Gasteiger partial charge < -0.3 is 15.9 Å². The smallest absolute Gasteiger partial charge is 0.233 e. The van der Waals surface area contributed by atoms with Gasteiger partial charge in [-0.15, -0.1) is 10.2 Å². The summed E-state index contributed by atoms with van der Waals surface area (Å²) in [6.07, 6.45) is 7.03. The minimum Gasteiger partial charge on any atom is -0.485 e. The lowest BCUT2D eigenvalue weighted by molar-refractivity contribution is -0.121. The standard InChI is InChI=1S/C21H31N5O2S/c1-14-10-11-18(15(2)12-14)28-13-19-24-25-21(26(19)22)29-16(3)20(27)23-17-8-6-4-5-7-9-17/h10-12,16-17H,4-9,13,22H2,1-3H3,(H,23,27)/t16-/m0/s1. The fraction of sp³-hybridized carbons (Fsp3) is 0.571. The summed E-state index contributed by atoms with van der Waals surface area (Å²) in [5.74, 6) is 7.48. The Morgan fingerprint density at radius 3 is 2.69 bits per heavy atom. The number of nitrogens with one attached hydrogen (secondary N) is 1. The van der Waals surface area contributed by atoms with E-state index in [-0.39, 0.29) is 23.8 Å². The SMILES string of the molecule is Cc1ccc(OCc2nnc(S[C@@H](C)C(=O)NC3CCCCCC3)n2N)c(C)c1. The first-order chi connectivity index (χ1) is 13.9. The molecule has 1 atom stereocenters. The number of carbonyl (C=O) groups is 1. The molecule has 1 aromatic carbocycles. The van der Waals surface area contributed by atoms with Crippen molar-refractivity contribution < 1.29 is 9.53 Å². The topological polar surface area (TPSA) is 95.1 Å². The van der Waals surface area contributed by atoms with Crippen LogP contribution in [-0.4, -0.2) is 32.1 Å². The molecule has 1 aromatic heterocycles. The zero-order valence-corrected chi connectivity index (χ0v) is 18.3. The number of nitrogen functional groups attached to an aromatic ring is 1. The van der Waals surface area contributed by atoms with E-state index in [1.807, 2.05) is 32.9 Å². The van der Waals surface area contributed by atoms with E-state index in [1.165, 1.54) is 47.7 Å². The fourth-order valence-corrected chi connectivity index (χ4v) is 4.34. The minimum atomic E-state index is -0.294. The van der Waals surface area contributed by atoms with Crippen molar-refractivity contribution in [2.75, 3.05) is 5.84 Å². The predicted octanol–water partition coefficient (Wildman–Crippen LogP) is 3.51. The van der Waals surface area contributed by atoms with E-state index in [9.17, 15) is 4.79 Å². The molecule has 0 aliphatic heterocycles. The number of benzene rings is 1. The van der Waals surface area contributed by atoms with Crippen LogP contribution in [0.15, 0.2) is 23.4 Å². The van der Waals surface area contributed by atoms with Crippen molar-refractivity contribution in [3.63, 3.8) is 0 Å². The molecular formula is C21H31N5O2S. The highest BCUT2D eigenvalue weighted by Crippen LogP contribution is 2.24. The lowest BCUT2D eigenvalue weighted by Gasteiger charge is -2.19. The molecule has 158 valence electrons. The Morgan fingerprint density at radius 2 is 2.00 bits per heavy atom. The van der Waals surface area contributed by atoms with Crippen LogP contribution in [0.3, 0.4) is 0 Å². The van der Waals surface area contributed by atoms with Crippen LogP contribution in [0.5, 0.6) is 5.75 Å². The third-order valence-electron chi connectivity index (χ3n) is 5.28. The number of aryl methyl sites for hydroxylation is 2. The molecule has 1 aliphatic rings. The molecule has 1 saturated carbocycles. The fourth-order valence-electron chi connectivity index (χ4n) is 3.54. The van der Waals surface area contributed by atoms with E-state index >= 15 is 0 Å². The third-order valence-corrected chi connectivity index (χ3v) is 6.33. The quantitative estimate of drug-likeness (QED) is 0.407. The van der Waals surface area contributed by atoms with E-state index in [1.54, 1.807) is 0 Å². The number of aromatic nitrogens is 3. The monoisotopic (exact) mass is 417 g/mol. The normalized spacial score (nSPS) is 16.2. The van der Waals surface area contributed by atoms with Gasteiger partial charge in [-0.3, -0.25) is 4.79 Å². The number of rotatable bonds is 7. The van der Waals surface area contributed by atoms with Crippen LogP contribution in [0.25, 0.3) is 0 Å². The highest BCUT2D eigenvalue weighted by atomic mass is 32.2. The van der Waals surface area contributed by atoms with Gasteiger partial charge in [-0.1, -0.05) is 55.1 Å². The molecule has 3 rings (SSSR count). The highest BCUT2D eigenvalue weighted by Gasteiger charge is 2.22. The summed E-state index contributed by atoms with van der Waals surface area (Å²) in [6, 6.07) is 6.30. The van der Waals surface area contributed by atoms with Crippen LogP contribution in [-0.2, 0) is 11.4 Å². The summed E-state index contributed by atoms with van der Waals surface area (Å²) >= 11 is 1.32. The molecule has 7 nitrogen and oxygen atoms in total. The van der Waals surface area contributed by atoms with Gasteiger partial charge >= 0.3 is 0 Å². The van der Waals surface area contributed by atoms with E-state index in [4.69, 9.17) is 10.6 Å². The molecule has 1 heterocycles. The van der Waals surface area contributed by atoms with Crippen LogP contribution in [0, 0.1) is 13.8 Å². The van der Waals surface area contributed by atoms with Gasteiger partial charge in [0.15, 0.2) is 5.82 Å². The van der Waals surface area contributed by atoms with Gasteiger partial charge in [-0.2, -0.15) is 0 Å². The van der Waals surface area contributed by atoms with Crippen molar-refractivity contribution in [1.29, 1.82) is 0 Å². The van der Waals surface area contributed by atoms with E-state index < -0.39 is 0 Å². The molecule has 0 saturated heterocycles. The average Bonchev–Trinajstić information content (AvgIpc) is 2.87. The van der Waals surface area contributed by atoms with Crippen molar-refractivity contribution in [1.82, 2.24) is 20.2 Å². The second-order valence-electron chi connectivity index (χ2n) is 7.78. The van der Waals surface area contributed by atoms with Gasteiger partial charge in [0.2, 0.25) is 11.1 Å². The van der Waals surface area contributed by atoms with Gasteiger partial charge in [0.05, 0.1) is 5.25 Å². The molecule has 0 radical (unpaired) electrons. The number of amides is 1. The molecule has 8 heteroatoms. The van der Waals surface area contributed by atoms with Crippen LogP contribution in [0.1, 0.15) is 62.4 Å². The molecule has 2 aromatic rings. The summed E-state index contributed by atoms with van der Waals surface area (Å²) in [4.78, 5) is 12.6. The molecule has 29 heavy (non-hydrogen) atoms. The van der Waals surface area contributed by atoms with Crippen molar-refractivity contribution in [3.8, 4) is 5.75 Å². The molecule has 0 spiro atoms. The second-order valence-corrected chi connectivity index (χ2v) is 9.09. The number of hydrogen-bond acceptors (Lipinski definition) is 6. The maximum Gasteiger partial charge on any atom is 0.233 e. The highest BCUT2D eigenvalue weighted by molar-refractivity contribution is 8.00. The zero-order valence-electron chi connectivity index (χ0n) is 17.5. The van der Waals surface area contributed by atoms with Crippen LogP contribution in [0.2, 0.25) is 0 Å². The summed E-state index contributed by atoms with van der Waals surface area (Å²) in [5, 5.41) is 11.7. The molecule has 1 aliphatic carbocycles. The largest absolute Gasteiger partial charge is 0.485 e. The molecule has 0 unspecified atom stereocenters. The first kappa shape index (κ1) is 21.5. The van der Waals surface area contributed by atoms with Gasteiger partial charge in [0.1, 0.15) is 12.4 Å². The number of carbonyl (C=O) groups excluding carboxylic acids is 1. The van der Waals surface area contributed by atoms with E-state index in [0.29, 0.717) is 11.0 Å². The van der Waals surface area contributed by atoms with Crippen molar-refractivity contribution in [3.05, 3.63) is 35.2 Å². The first-order valence-corrected chi connectivity index (χ1v) is 11.2. The Balaban J connectivity index is 1.54. The summed E-state index contributed by atoms with van der Waals surface area (Å²) in [7, 11) is 0. The minimum absolute atomic E-state index is 0.0259. The number of nitrogens with two attached hydrogens (primary N) is 1. The second kappa shape index (κ2) is 10.0. The Morgan fingerprint density at radius 1 is 1.28 bits per heavy atom. The van der Waals surface area contributed by atoms with Crippen molar-refractivity contribution in [2.24, 2.45) is 0 Å². The average molecular weight is 418 g/mol. The Bertz CT molecular complexity index is 830. The van der Waals surface area contributed by atoms with Gasteiger partial charge in [0, 0.05) is 6.04 Å². The van der Waals surface area contributed by atoms with E-state index in [2.05, 4.69) is 21.6 Å². The number of hydrogen-bond donors (Lipinski definition) is 2. The maximum absolute atomic E-state index is 12.6. The van der Waals surface area contributed by atoms with E-state index in [0.717, 1.165) is 24.2 Å². The van der Waals surface area contributed by atoms with Crippen molar-refractivity contribution in [2.45, 2.75) is 82.4 Å². The molecular weight excluding hydrogens is 386 g/mol. The van der Waals surface area contributed by atoms with Gasteiger partial charge in [-0.25, -0.2) is 4.68 Å². The lowest BCUT2D eigenvalue weighted by atomic mass is 10.1. The third kappa shape index (κ3) is 5.88. The Kier molecular flexibility index (Phi) is 7.41. The Hall–Kier alpha value is -2.22. The van der Waals surface area contributed by atoms with Crippen LogP contribution >= 0.6 is 11.8 Å². The summed E-state index contributed by atoms with van der Waals surface area (Å²) in [6.45, 7) is 6.14. The van der Waals surface area contributed by atoms with Crippen LogP contribution in [0.4, 0.5) is 0 Å². The zero-order chi connectivity index (χ0) is 20.8. The Labute approximate surface area is 176 Å². The molecule has 0 bridgehead atoms. The lowest BCUT2D eigenvalue weighted by Crippen LogP contribution is -2.39. The molecule has 3 N–H and O–H groups in total.